The van der Waals surface area contributed by atoms with Crippen LogP contribution in [0.4, 0.5) is 5.95 Å². The Morgan fingerprint density at radius 3 is 2.58 bits per heavy atom. The number of nitrogens with one attached hydrogen (secondary N) is 1. The minimum Gasteiger partial charge on any atom is -0.340 e. The predicted molar refractivity (Wildman–Crippen MR) is 79.2 cm³/mol. The molecule has 4 heteroatoms. The van der Waals surface area contributed by atoms with E-state index in [9.17, 15) is 0 Å². The zero-order valence-electron chi connectivity index (χ0n) is 12.6. The van der Waals surface area contributed by atoms with Crippen molar-refractivity contribution in [1.29, 1.82) is 0 Å². The topological polar surface area (TPSA) is 41.1 Å². The Kier molecular flexibility index (Phi) is 4.40. The van der Waals surface area contributed by atoms with E-state index in [0.717, 1.165) is 31.1 Å². The van der Waals surface area contributed by atoms with Gasteiger partial charge in [-0.25, -0.2) is 9.97 Å². The summed E-state index contributed by atoms with van der Waals surface area (Å²) in [5.74, 6) is 0.876. The van der Waals surface area contributed by atoms with Crippen molar-refractivity contribution >= 4 is 5.95 Å². The Morgan fingerprint density at radius 2 is 2.00 bits per heavy atom. The third kappa shape index (κ3) is 4.16. The minimum atomic E-state index is 0.374. The summed E-state index contributed by atoms with van der Waals surface area (Å²) in [6, 6.07) is 0.488. The fourth-order valence-electron chi connectivity index (χ4n) is 2.52. The number of hydrogen-bond acceptors (Lipinski definition) is 4. The maximum atomic E-state index is 4.52. The van der Waals surface area contributed by atoms with E-state index in [1.165, 1.54) is 12.8 Å². The first-order valence-corrected chi connectivity index (χ1v) is 7.25. The molecule has 0 aliphatic carbocycles. The number of piperidine rings is 1. The molecule has 0 saturated carbocycles. The van der Waals surface area contributed by atoms with Crippen LogP contribution in [0.3, 0.4) is 0 Å². The number of hydrogen-bond donors (Lipinski definition) is 1. The van der Waals surface area contributed by atoms with Crippen molar-refractivity contribution < 1.29 is 0 Å². The number of nitrogens with zero attached hydrogens (tertiary/aromatic N) is 3. The Bertz CT molecular complexity index is 397. The molecule has 1 aliphatic heterocycles. The average molecular weight is 262 g/mol. The third-order valence-corrected chi connectivity index (χ3v) is 3.59. The molecule has 1 fully saturated rings. The smallest absolute Gasteiger partial charge is 0.225 e. The molecule has 106 valence electrons. The Morgan fingerprint density at radius 1 is 1.32 bits per heavy atom. The van der Waals surface area contributed by atoms with Crippen molar-refractivity contribution in [3.05, 3.63) is 18.0 Å². The molecular formula is C15H26N4. The summed E-state index contributed by atoms with van der Waals surface area (Å²) in [5, 5.41) is 3.38. The number of rotatable bonds is 4. The molecule has 1 aromatic rings. The van der Waals surface area contributed by atoms with Crippen molar-refractivity contribution in [2.75, 3.05) is 18.0 Å². The highest BCUT2D eigenvalue weighted by Gasteiger charge is 2.27. The van der Waals surface area contributed by atoms with Crippen LogP contribution in [0.2, 0.25) is 0 Å². The van der Waals surface area contributed by atoms with Crippen LogP contribution < -0.4 is 10.2 Å². The lowest BCUT2D eigenvalue weighted by atomic mass is 9.84. The van der Waals surface area contributed by atoms with E-state index in [4.69, 9.17) is 0 Å². The molecule has 0 aromatic carbocycles. The standard InChI is InChI=1S/C15H26N4/c1-12(2)16-8-13-9-17-14(18-10-13)19-7-5-6-15(3,4)11-19/h9-10,12,16H,5-8,11H2,1-4H3. The normalized spacial score (nSPS) is 18.9. The van der Waals surface area contributed by atoms with Gasteiger partial charge in [0.2, 0.25) is 5.95 Å². The van der Waals surface area contributed by atoms with Crippen LogP contribution in [0.5, 0.6) is 0 Å². The summed E-state index contributed by atoms with van der Waals surface area (Å²) in [6.45, 7) is 11.9. The van der Waals surface area contributed by atoms with E-state index < -0.39 is 0 Å². The molecule has 0 spiro atoms. The zero-order chi connectivity index (χ0) is 13.9. The number of anilines is 1. The van der Waals surface area contributed by atoms with E-state index >= 15 is 0 Å². The molecule has 0 radical (unpaired) electrons. The molecule has 0 amide bonds. The van der Waals surface area contributed by atoms with E-state index in [1.807, 2.05) is 12.4 Å². The van der Waals surface area contributed by atoms with Gasteiger partial charge in [0.05, 0.1) is 0 Å². The molecular weight excluding hydrogens is 236 g/mol. The molecule has 0 atom stereocenters. The second-order valence-electron chi connectivity index (χ2n) is 6.62. The monoisotopic (exact) mass is 262 g/mol. The summed E-state index contributed by atoms with van der Waals surface area (Å²) >= 11 is 0. The minimum absolute atomic E-state index is 0.374. The van der Waals surface area contributed by atoms with Gasteiger partial charge in [-0.3, -0.25) is 0 Å². The Hall–Kier alpha value is -1.16. The maximum absolute atomic E-state index is 4.52. The molecule has 2 rings (SSSR count). The van der Waals surface area contributed by atoms with Gasteiger partial charge in [-0.1, -0.05) is 27.7 Å². The molecule has 1 aliphatic rings. The van der Waals surface area contributed by atoms with Gasteiger partial charge < -0.3 is 10.2 Å². The van der Waals surface area contributed by atoms with Crippen LogP contribution in [0.1, 0.15) is 46.1 Å². The largest absolute Gasteiger partial charge is 0.340 e. The van der Waals surface area contributed by atoms with Crippen molar-refractivity contribution in [2.24, 2.45) is 5.41 Å². The highest BCUT2D eigenvalue weighted by atomic mass is 15.3. The quantitative estimate of drug-likeness (QED) is 0.905. The van der Waals surface area contributed by atoms with Crippen LogP contribution in [-0.2, 0) is 6.54 Å². The van der Waals surface area contributed by atoms with Gasteiger partial charge in [0.25, 0.3) is 0 Å². The van der Waals surface area contributed by atoms with Gasteiger partial charge >= 0.3 is 0 Å². The van der Waals surface area contributed by atoms with Crippen molar-refractivity contribution in [3.8, 4) is 0 Å². The fourth-order valence-corrected chi connectivity index (χ4v) is 2.52. The Balaban J connectivity index is 1.98. The van der Waals surface area contributed by atoms with Crippen LogP contribution in [0, 0.1) is 5.41 Å². The van der Waals surface area contributed by atoms with Crippen molar-refractivity contribution in [1.82, 2.24) is 15.3 Å². The van der Waals surface area contributed by atoms with Gasteiger partial charge in [0.15, 0.2) is 0 Å². The lowest BCUT2D eigenvalue weighted by Gasteiger charge is -2.38. The maximum Gasteiger partial charge on any atom is 0.225 e. The predicted octanol–water partition coefficient (Wildman–Crippen LogP) is 2.60. The third-order valence-electron chi connectivity index (χ3n) is 3.59. The van der Waals surface area contributed by atoms with Crippen LogP contribution in [0.15, 0.2) is 12.4 Å². The molecule has 1 aromatic heterocycles. The fraction of sp³-hybridized carbons (Fsp3) is 0.733. The van der Waals surface area contributed by atoms with Gasteiger partial charge in [0, 0.05) is 43.6 Å². The first-order valence-electron chi connectivity index (χ1n) is 7.25. The van der Waals surface area contributed by atoms with Gasteiger partial charge in [-0.15, -0.1) is 0 Å². The molecule has 0 unspecified atom stereocenters. The molecule has 1 saturated heterocycles. The summed E-state index contributed by atoms with van der Waals surface area (Å²) < 4.78 is 0. The number of aromatic nitrogens is 2. The first kappa shape index (κ1) is 14.3. The molecule has 2 heterocycles. The van der Waals surface area contributed by atoms with Crippen molar-refractivity contribution in [2.45, 2.75) is 53.1 Å². The van der Waals surface area contributed by atoms with Gasteiger partial charge in [-0.05, 0) is 18.3 Å². The van der Waals surface area contributed by atoms with E-state index in [1.54, 1.807) is 0 Å². The SMILES string of the molecule is CC(C)NCc1cnc(N2CCCC(C)(C)C2)nc1. The first-order chi connectivity index (χ1) is 8.96. The van der Waals surface area contributed by atoms with Crippen LogP contribution in [0.25, 0.3) is 0 Å². The zero-order valence-corrected chi connectivity index (χ0v) is 12.6. The van der Waals surface area contributed by atoms with E-state index in [0.29, 0.717) is 11.5 Å². The van der Waals surface area contributed by atoms with Gasteiger partial charge in [-0.2, -0.15) is 0 Å². The highest BCUT2D eigenvalue weighted by molar-refractivity contribution is 5.31. The average Bonchev–Trinajstić information content (AvgIpc) is 2.36. The summed E-state index contributed by atoms with van der Waals surface area (Å²) in [4.78, 5) is 11.4. The molecule has 19 heavy (non-hydrogen) atoms. The lowest BCUT2D eigenvalue weighted by Crippen LogP contribution is -2.41. The molecule has 0 bridgehead atoms. The van der Waals surface area contributed by atoms with E-state index in [-0.39, 0.29) is 0 Å². The van der Waals surface area contributed by atoms with Crippen molar-refractivity contribution in [3.63, 3.8) is 0 Å². The summed E-state index contributed by atoms with van der Waals surface area (Å²) in [6.07, 6.45) is 6.41. The van der Waals surface area contributed by atoms with Crippen LogP contribution in [-0.4, -0.2) is 29.1 Å². The second kappa shape index (κ2) is 5.87. The summed E-state index contributed by atoms with van der Waals surface area (Å²) in [7, 11) is 0. The second-order valence-corrected chi connectivity index (χ2v) is 6.62. The summed E-state index contributed by atoms with van der Waals surface area (Å²) in [5.41, 5.74) is 1.52. The lowest BCUT2D eigenvalue weighted by molar-refractivity contribution is 0.291. The molecule has 1 N–H and O–H groups in total. The van der Waals surface area contributed by atoms with Crippen LogP contribution >= 0.6 is 0 Å². The highest BCUT2D eigenvalue weighted by Crippen LogP contribution is 2.29. The Labute approximate surface area is 116 Å². The van der Waals surface area contributed by atoms with Gasteiger partial charge in [0.1, 0.15) is 0 Å². The molecule has 4 nitrogen and oxygen atoms in total. The van der Waals surface area contributed by atoms with E-state index in [2.05, 4.69) is 47.9 Å².